The van der Waals surface area contributed by atoms with Crippen LogP contribution >= 0.6 is 0 Å². The molecule has 12 rings (SSSR count). The molecule has 6 nitrogen and oxygen atoms in total. The van der Waals surface area contributed by atoms with Crippen LogP contribution in [-0.4, -0.2) is 23.9 Å². The summed E-state index contributed by atoms with van der Waals surface area (Å²) in [5, 5.41) is 12.0. The lowest BCUT2D eigenvalue weighted by molar-refractivity contribution is 0.669. The minimum absolute atomic E-state index is 0.681. The van der Waals surface area contributed by atoms with Crippen molar-refractivity contribution in [1.82, 2.24) is 23.9 Å². The molecule has 56 heavy (non-hydrogen) atoms. The van der Waals surface area contributed by atoms with E-state index in [9.17, 15) is 0 Å². The van der Waals surface area contributed by atoms with Crippen LogP contribution in [0, 0.1) is 0 Å². The third-order valence-electron chi connectivity index (χ3n) is 11.1. The Morgan fingerprint density at radius 3 is 1.84 bits per heavy atom. The van der Waals surface area contributed by atoms with Crippen molar-refractivity contribution in [3.8, 4) is 39.8 Å². The zero-order valence-corrected chi connectivity index (χ0v) is 30.0. The molecule has 0 spiro atoms. The van der Waals surface area contributed by atoms with Crippen molar-refractivity contribution < 1.29 is 4.42 Å². The van der Waals surface area contributed by atoms with Crippen molar-refractivity contribution in [2.75, 3.05) is 0 Å². The average molecular weight is 718 g/mol. The van der Waals surface area contributed by atoms with E-state index in [1.54, 1.807) is 0 Å². The van der Waals surface area contributed by atoms with Crippen LogP contribution in [0.4, 0.5) is 0 Å². The molecule has 6 heteroatoms. The van der Waals surface area contributed by atoms with Gasteiger partial charge in [-0.25, -0.2) is 9.67 Å². The largest absolute Gasteiger partial charge is 0.456 e. The van der Waals surface area contributed by atoms with Crippen molar-refractivity contribution in [3.05, 3.63) is 188 Å². The molecule has 0 atom stereocenters. The lowest BCUT2D eigenvalue weighted by atomic mass is 10.1. The normalized spacial score (nSPS) is 11.9. The quantitative estimate of drug-likeness (QED) is 0.178. The molecule has 4 aromatic heterocycles. The maximum atomic E-state index is 6.46. The number of nitrogens with zero attached hydrogens (tertiary/aromatic N) is 5. The van der Waals surface area contributed by atoms with Crippen molar-refractivity contribution in [2.45, 2.75) is 0 Å². The number of aromatic nitrogens is 5. The maximum Gasteiger partial charge on any atom is 0.182 e. The van der Waals surface area contributed by atoms with Crippen molar-refractivity contribution in [1.29, 1.82) is 0 Å². The number of hydrogen-bond donors (Lipinski definition) is 0. The van der Waals surface area contributed by atoms with Crippen molar-refractivity contribution in [3.63, 3.8) is 0 Å². The summed E-state index contributed by atoms with van der Waals surface area (Å²) in [7, 11) is 0. The summed E-state index contributed by atoms with van der Waals surface area (Å²) in [4.78, 5) is 5.27. The van der Waals surface area contributed by atoms with E-state index in [-0.39, 0.29) is 0 Å². The van der Waals surface area contributed by atoms with Gasteiger partial charge in [0.25, 0.3) is 0 Å². The van der Waals surface area contributed by atoms with Gasteiger partial charge in [0.1, 0.15) is 11.2 Å². The summed E-state index contributed by atoms with van der Waals surface area (Å²) in [5.74, 6) is 1.47. The minimum Gasteiger partial charge on any atom is -0.456 e. The molecule has 0 saturated carbocycles. The zero-order valence-electron chi connectivity index (χ0n) is 30.0. The third-order valence-corrected chi connectivity index (χ3v) is 11.1. The molecule has 0 saturated heterocycles. The second kappa shape index (κ2) is 11.9. The molecule has 12 aromatic rings. The van der Waals surface area contributed by atoms with Gasteiger partial charge in [0, 0.05) is 38.1 Å². The minimum atomic E-state index is 0.681. The Bertz CT molecular complexity index is 3480. The highest BCUT2D eigenvalue weighted by Crippen LogP contribution is 2.44. The Hall–Kier alpha value is -7.70. The number of rotatable bonds is 5. The van der Waals surface area contributed by atoms with E-state index in [1.165, 1.54) is 10.8 Å². The lowest BCUT2D eigenvalue weighted by Crippen LogP contribution is -2.03. The first-order valence-electron chi connectivity index (χ1n) is 18.9. The molecule has 0 fully saturated rings. The fourth-order valence-corrected chi connectivity index (χ4v) is 8.77. The second-order valence-corrected chi connectivity index (χ2v) is 14.2. The molecule has 0 radical (unpaired) electrons. The maximum absolute atomic E-state index is 6.46. The highest BCUT2D eigenvalue weighted by molar-refractivity contribution is 6.24. The van der Waals surface area contributed by atoms with Gasteiger partial charge in [0.05, 0.1) is 44.5 Å². The molecule has 262 valence electrons. The summed E-state index contributed by atoms with van der Waals surface area (Å²) in [6.45, 7) is 0. The fourth-order valence-electron chi connectivity index (χ4n) is 8.77. The number of furan rings is 1. The summed E-state index contributed by atoms with van der Waals surface area (Å²) in [5.41, 5.74) is 11.3. The molecule has 0 aliphatic carbocycles. The van der Waals surface area contributed by atoms with E-state index < -0.39 is 0 Å². The molecular formula is C50H31N5O. The van der Waals surface area contributed by atoms with Gasteiger partial charge in [-0.2, -0.15) is 0 Å². The van der Waals surface area contributed by atoms with E-state index in [0.717, 1.165) is 88.8 Å². The Labute approximate surface area is 320 Å². The Kier molecular flexibility index (Phi) is 6.53. The third kappa shape index (κ3) is 4.38. The Morgan fingerprint density at radius 2 is 1.04 bits per heavy atom. The van der Waals surface area contributed by atoms with Crippen molar-refractivity contribution in [2.24, 2.45) is 0 Å². The highest BCUT2D eigenvalue weighted by Gasteiger charge is 2.25. The van der Waals surface area contributed by atoms with Crippen LogP contribution in [0.15, 0.2) is 192 Å². The summed E-state index contributed by atoms with van der Waals surface area (Å²) < 4.78 is 13.3. The topological polar surface area (TPSA) is 53.7 Å². The van der Waals surface area contributed by atoms with Crippen LogP contribution in [0.1, 0.15) is 0 Å². The summed E-state index contributed by atoms with van der Waals surface area (Å²) in [6.07, 6.45) is 0. The number of benzene rings is 8. The van der Waals surface area contributed by atoms with Crippen LogP contribution < -0.4 is 0 Å². The van der Waals surface area contributed by atoms with Crippen LogP contribution in [0.5, 0.6) is 0 Å². The van der Waals surface area contributed by atoms with Gasteiger partial charge >= 0.3 is 0 Å². The van der Waals surface area contributed by atoms with Gasteiger partial charge in [0.15, 0.2) is 11.6 Å². The molecule has 0 N–H and O–H groups in total. The van der Waals surface area contributed by atoms with Crippen LogP contribution in [0.3, 0.4) is 0 Å². The summed E-state index contributed by atoms with van der Waals surface area (Å²) in [6, 6.07) is 65.9. The molecule has 0 aliphatic heterocycles. The molecular weight excluding hydrogens is 687 g/mol. The molecule has 8 aromatic carbocycles. The predicted octanol–water partition coefficient (Wildman–Crippen LogP) is 12.7. The first-order valence-corrected chi connectivity index (χ1v) is 18.9. The highest BCUT2D eigenvalue weighted by atomic mass is 16.3. The first-order chi connectivity index (χ1) is 27.8. The van der Waals surface area contributed by atoms with E-state index >= 15 is 0 Å². The predicted molar refractivity (Wildman–Crippen MR) is 228 cm³/mol. The van der Waals surface area contributed by atoms with Crippen LogP contribution in [0.25, 0.3) is 105 Å². The van der Waals surface area contributed by atoms with Gasteiger partial charge in [-0.3, -0.25) is 0 Å². The molecule has 0 bridgehead atoms. The Morgan fingerprint density at radius 1 is 0.411 bits per heavy atom. The molecule has 0 aliphatic rings. The summed E-state index contributed by atoms with van der Waals surface area (Å²) >= 11 is 0. The average Bonchev–Trinajstić information content (AvgIpc) is 4.04. The van der Waals surface area contributed by atoms with Gasteiger partial charge in [-0.05, 0) is 60.7 Å². The molecule has 4 heterocycles. The lowest BCUT2D eigenvalue weighted by Gasteiger charge is -2.17. The van der Waals surface area contributed by atoms with Gasteiger partial charge in [-0.1, -0.05) is 127 Å². The SMILES string of the molecule is c1ccc(-c2nc(-c3cccc4c3c3ccccc3n4-c3ccccc3-n3c4ccccc4c4ccc5oc6ccccc6c5c43)n(-c3ccccc3)n2)cc1. The van der Waals surface area contributed by atoms with Crippen LogP contribution in [0.2, 0.25) is 0 Å². The first kappa shape index (κ1) is 30.7. The van der Waals surface area contributed by atoms with E-state index in [2.05, 4.69) is 155 Å². The second-order valence-electron chi connectivity index (χ2n) is 14.2. The standard InChI is InChI=1S/C50H31N5O/c1-3-16-32(17-4-1)49-51-50(55(52-49)33-18-5-2-6-19-33)38-23-15-28-43-46(38)36-21-8-11-25-40(36)53(43)41-26-12-13-27-42(41)54-39-24-10-7-20-34(39)35-30-31-45-47(48(35)54)37-22-9-14-29-44(37)56-45/h1-31H. The number of para-hydroxylation sites is 6. The van der Waals surface area contributed by atoms with E-state index in [1.807, 2.05) is 47.1 Å². The smallest absolute Gasteiger partial charge is 0.182 e. The van der Waals surface area contributed by atoms with Crippen LogP contribution in [-0.2, 0) is 0 Å². The number of fused-ring (bicyclic) bond motifs is 10. The zero-order chi connectivity index (χ0) is 36.7. The van der Waals surface area contributed by atoms with Crippen molar-refractivity contribution >= 4 is 65.6 Å². The Balaban J connectivity index is 1.18. The van der Waals surface area contributed by atoms with E-state index in [4.69, 9.17) is 14.5 Å². The van der Waals surface area contributed by atoms with E-state index in [0.29, 0.717) is 5.82 Å². The molecule has 0 amide bonds. The van der Waals surface area contributed by atoms with Gasteiger partial charge in [-0.15, -0.1) is 5.10 Å². The van der Waals surface area contributed by atoms with Gasteiger partial charge < -0.3 is 13.6 Å². The van der Waals surface area contributed by atoms with Gasteiger partial charge in [0.2, 0.25) is 0 Å². The number of hydrogen-bond acceptors (Lipinski definition) is 3. The molecule has 0 unspecified atom stereocenters. The monoisotopic (exact) mass is 717 g/mol. The fraction of sp³-hybridized carbons (Fsp3) is 0.